The average molecular weight is 491 g/mol. The van der Waals surface area contributed by atoms with Gasteiger partial charge in [-0.2, -0.15) is 0 Å². The van der Waals surface area contributed by atoms with E-state index in [1.54, 1.807) is 13.8 Å². The van der Waals surface area contributed by atoms with Crippen molar-refractivity contribution >= 4 is 35.6 Å². The fraction of sp³-hybridized carbons (Fsp3) is 0.700. The molecule has 9 N–H and O–H groups in total. The van der Waals surface area contributed by atoms with Gasteiger partial charge in [-0.3, -0.25) is 24.0 Å². The number of hydrogen-bond acceptors (Lipinski definition) is 10. The molecule has 0 aromatic carbocycles. The van der Waals surface area contributed by atoms with Crippen LogP contribution in [0, 0.1) is 5.92 Å². The summed E-state index contributed by atoms with van der Waals surface area (Å²) in [5, 5.41) is 36.4. The lowest BCUT2D eigenvalue weighted by molar-refractivity contribution is -0.170. The van der Waals surface area contributed by atoms with Gasteiger partial charge in [0, 0.05) is 5.92 Å². The SMILES string of the molecule is CCOC(=O)C1(N)CCCC1C(=O)[C@H](C)NC(=O)[C@H](C)N.O=C(O)CC(O)(CC(=O)O)C(=O)O. The molecular weight excluding hydrogens is 458 g/mol. The summed E-state index contributed by atoms with van der Waals surface area (Å²) in [4.78, 5) is 66.6. The molecule has 0 aromatic rings. The van der Waals surface area contributed by atoms with Gasteiger partial charge in [0.2, 0.25) is 5.91 Å². The second-order valence-corrected chi connectivity index (χ2v) is 8.10. The van der Waals surface area contributed by atoms with Crippen molar-refractivity contribution < 1.29 is 53.9 Å². The van der Waals surface area contributed by atoms with Gasteiger partial charge in [-0.15, -0.1) is 0 Å². The summed E-state index contributed by atoms with van der Waals surface area (Å²) in [5.41, 5.74) is 7.56. The molecule has 2 unspecified atom stereocenters. The Labute approximate surface area is 195 Å². The number of ketones is 1. The molecule has 0 spiro atoms. The normalized spacial score (nSPS) is 21.3. The van der Waals surface area contributed by atoms with Crippen LogP contribution in [0.25, 0.3) is 0 Å². The van der Waals surface area contributed by atoms with E-state index in [1.807, 2.05) is 0 Å². The highest BCUT2D eigenvalue weighted by Gasteiger charge is 2.51. The van der Waals surface area contributed by atoms with Crippen molar-refractivity contribution in [2.45, 2.75) is 76.1 Å². The largest absolute Gasteiger partial charge is 0.481 e. The first kappa shape index (κ1) is 30.9. The number of aliphatic hydroxyl groups is 1. The Morgan fingerprint density at radius 1 is 1.09 bits per heavy atom. The van der Waals surface area contributed by atoms with Crippen molar-refractivity contribution in [1.82, 2.24) is 5.32 Å². The number of hydrogen-bond donors (Lipinski definition) is 7. The zero-order valence-corrected chi connectivity index (χ0v) is 19.3. The van der Waals surface area contributed by atoms with Crippen molar-refractivity contribution in [2.75, 3.05) is 6.61 Å². The monoisotopic (exact) mass is 491 g/mol. The summed E-state index contributed by atoms with van der Waals surface area (Å²) >= 11 is 0. The van der Waals surface area contributed by atoms with Crippen LogP contribution in [0.2, 0.25) is 0 Å². The molecule has 0 heterocycles. The van der Waals surface area contributed by atoms with Gasteiger partial charge < -0.3 is 41.9 Å². The molecule has 14 nitrogen and oxygen atoms in total. The maximum Gasteiger partial charge on any atom is 0.336 e. The molecule has 1 aliphatic rings. The molecule has 1 saturated carbocycles. The van der Waals surface area contributed by atoms with Crippen molar-refractivity contribution in [3.8, 4) is 0 Å². The maximum absolute atomic E-state index is 12.5. The third kappa shape index (κ3) is 8.68. The van der Waals surface area contributed by atoms with Crippen molar-refractivity contribution in [1.29, 1.82) is 0 Å². The Morgan fingerprint density at radius 2 is 1.59 bits per heavy atom. The van der Waals surface area contributed by atoms with Crippen LogP contribution in [0.3, 0.4) is 0 Å². The predicted octanol–water partition coefficient (Wildman–Crippen LogP) is -1.78. The molecule has 1 fully saturated rings. The molecule has 1 rings (SSSR count). The number of carbonyl (C=O) groups excluding carboxylic acids is 3. The number of aliphatic carboxylic acids is 3. The van der Waals surface area contributed by atoms with Crippen molar-refractivity contribution in [3.05, 3.63) is 0 Å². The van der Waals surface area contributed by atoms with Gasteiger partial charge in [0.05, 0.1) is 31.5 Å². The number of Topliss-reactive ketones (excluding diaryl/α,β-unsaturated/α-hetero) is 1. The number of rotatable bonds is 11. The lowest BCUT2D eigenvalue weighted by Gasteiger charge is -2.30. The van der Waals surface area contributed by atoms with Gasteiger partial charge in [-0.25, -0.2) is 4.79 Å². The van der Waals surface area contributed by atoms with E-state index in [2.05, 4.69) is 5.32 Å². The van der Waals surface area contributed by atoms with E-state index in [1.165, 1.54) is 6.92 Å². The minimum Gasteiger partial charge on any atom is -0.481 e. The van der Waals surface area contributed by atoms with Crippen LogP contribution < -0.4 is 16.8 Å². The maximum atomic E-state index is 12.5. The number of carbonyl (C=O) groups is 6. The Morgan fingerprint density at radius 3 is 1.97 bits per heavy atom. The Bertz CT molecular complexity index is 783. The predicted molar refractivity (Wildman–Crippen MR) is 114 cm³/mol. The van der Waals surface area contributed by atoms with Gasteiger partial charge >= 0.3 is 23.9 Å². The van der Waals surface area contributed by atoms with Crippen LogP contribution in [0.15, 0.2) is 0 Å². The van der Waals surface area contributed by atoms with Crippen LogP contribution in [0.5, 0.6) is 0 Å². The number of ether oxygens (including phenoxy) is 1. The first-order valence-corrected chi connectivity index (χ1v) is 10.5. The number of carboxylic acid groups (broad SMARTS) is 3. The van der Waals surface area contributed by atoms with Gasteiger partial charge in [0.25, 0.3) is 0 Å². The van der Waals surface area contributed by atoms with Crippen LogP contribution in [0.4, 0.5) is 0 Å². The molecule has 0 aromatic heterocycles. The molecule has 1 amide bonds. The molecule has 4 atom stereocenters. The van der Waals surface area contributed by atoms with E-state index in [4.69, 9.17) is 36.6 Å². The average Bonchev–Trinajstić information content (AvgIpc) is 3.09. The zero-order chi connectivity index (χ0) is 26.9. The highest BCUT2D eigenvalue weighted by molar-refractivity contribution is 5.97. The van der Waals surface area contributed by atoms with E-state index >= 15 is 0 Å². The number of nitrogens with two attached hydrogens (primary N) is 2. The number of esters is 1. The van der Waals surface area contributed by atoms with Crippen LogP contribution in [-0.4, -0.2) is 85.8 Å². The summed E-state index contributed by atoms with van der Waals surface area (Å²) in [6, 6.07) is -1.43. The molecule has 194 valence electrons. The van der Waals surface area contributed by atoms with Gasteiger partial charge in [-0.05, 0) is 33.6 Å². The fourth-order valence-corrected chi connectivity index (χ4v) is 3.37. The Kier molecular flexibility index (Phi) is 11.8. The van der Waals surface area contributed by atoms with Crippen molar-refractivity contribution in [3.63, 3.8) is 0 Å². The smallest absolute Gasteiger partial charge is 0.336 e. The minimum atomic E-state index is -2.74. The highest BCUT2D eigenvalue weighted by Crippen LogP contribution is 2.36. The first-order valence-electron chi connectivity index (χ1n) is 10.5. The van der Waals surface area contributed by atoms with Gasteiger partial charge in [0.1, 0.15) is 5.54 Å². The van der Waals surface area contributed by atoms with Crippen LogP contribution in [0.1, 0.15) is 52.9 Å². The van der Waals surface area contributed by atoms with Crippen LogP contribution in [-0.2, 0) is 33.5 Å². The molecule has 0 aliphatic heterocycles. The topological polar surface area (TPSA) is 257 Å². The summed E-state index contributed by atoms with van der Waals surface area (Å²) in [6.45, 7) is 5.02. The summed E-state index contributed by atoms with van der Waals surface area (Å²) in [6.07, 6.45) is -0.675. The Hall–Kier alpha value is -3.10. The van der Waals surface area contributed by atoms with Crippen molar-refractivity contribution in [2.24, 2.45) is 17.4 Å². The first-order chi connectivity index (χ1) is 15.5. The lowest BCUT2D eigenvalue weighted by Crippen LogP contribution is -2.57. The van der Waals surface area contributed by atoms with E-state index < -0.39 is 71.8 Å². The lowest BCUT2D eigenvalue weighted by atomic mass is 9.82. The van der Waals surface area contributed by atoms with Crippen LogP contribution >= 0.6 is 0 Å². The fourth-order valence-electron chi connectivity index (χ4n) is 3.37. The number of nitrogens with one attached hydrogen (secondary N) is 1. The molecule has 14 heteroatoms. The second kappa shape index (κ2) is 13.0. The molecule has 34 heavy (non-hydrogen) atoms. The molecular formula is C20H33N3O11. The summed E-state index contributed by atoms with van der Waals surface area (Å²) < 4.78 is 4.98. The third-order valence-corrected chi connectivity index (χ3v) is 5.19. The quantitative estimate of drug-likeness (QED) is 0.158. The third-order valence-electron chi connectivity index (χ3n) is 5.19. The standard InChI is InChI=1S/C14H25N3O4.C6H8O7/c1-4-21-13(20)14(16)7-5-6-10(14)11(18)9(3)17-12(19)8(2)15;7-3(8)1-6(13,5(11)12)2-4(9)10/h8-10H,4-7,15-16H2,1-3H3,(H,17,19);13H,1-2H2,(H,7,8)(H,9,10)(H,11,12)/t8-,9-,10?,14?;/m0./s1. The van der Waals surface area contributed by atoms with E-state index in [0.29, 0.717) is 19.3 Å². The van der Waals surface area contributed by atoms with E-state index in [-0.39, 0.29) is 12.4 Å². The van der Waals surface area contributed by atoms with E-state index in [0.717, 1.165) is 0 Å². The highest BCUT2D eigenvalue weighted by atomic mass is 16.5. The number of carboxylic acids is 3. The molecule has 0 bridgehead atoms. The van der Waals surface area contributed by atoms with Gasteiger partial charge in [-0.1, -0.05) is 6.42 Å². The molecule has 0 radical (unpaired) electrons. The summed E-state index contributed by atoms with van der Waals surface area (Å²) in [7, 11) is 0. The van der Waals surface area contributed by atoms with Gasteiger partial charge in [0.15, 0.2) is 11.4 Å². The zero-order valence-electron chi connectivity index (χ0n) is 19.3. The molecule has 0 saturated heterocycles. The Balaban J connectivity index is 0.000000722. The minimum absolute atomic E-state index is 0.218. The number of amides is 1. The second-order valence-electron chi connectivity index (χ2n) is 8.10. The summed E-state index contributed by atoms with van der Waals surface area (Å²) in [5.74, 6) is -6.87. The van der Waals surface area contributed by atoms with E-state index in [9.17, 15) is 28.8 Å². The molecule has 1 aliphatic carbocycles.